The molecule has 8 nitrogen and oxygen atoms in total. The molecule has 0 unspecified atom stereocenters. The first kappa shape index (κ1) is 21.5. The molecule has 2 bridgehead atoms. The molecular weight excluding hydrogens is 462 g/mol. The Kier molecular flexibility index (Phi) is 4.79. The van der Waals surface area contributed by atoms with E-state index in [1.165, 1.54) is 11.3 Å². The number of carbonyl (C=O) groups excluding carboxylic acids is 1. The zero-order chi connectivity index (χ0) is 24.3. The van der Waals surface area contributed by atoms with Crippen LogP contribution in [0, 0.1) is 12.8 Å². The van der Waals surface area contributed by atoms with Gasteiger partial charge in [0.2, 0.25) is 11.6 Å². The third-order valence-electron chi connectivity index (χ3n) is 6.59. The van der Waals surface area contributed by atoms with Crippen molar-refractivity contribution in [2.45, 2.75) is 25.6 Å². The molecule has 1 N–H and O–H groups in total. The van der Waals surface area contributed by atoms with Crippen LogP contribution in [-0.2, 0) is 11.8 Å². The normalized spacial score (nSPS) is 22.5. The van der Waals surface area contributed by atoms with Gasteiger partial charge in [-0.05, 0) is 37.6 Å². The molecule has 0 radical (unpaired) electrons. The highest BCUT2D eigenvalue weighted by Crippen LogP contribution is 2.47. The van der Waals surface area contributed by atoms with Gasteiger partial charge in [0.25, 0.3) is 5.56 Å². The van der Waals surface area contributed by atoms with Gasteiger partial charge in [-0.25, -0.2) is 4.99 Å². The lowest BCUT2D eigenvalue weighted by atomic mass is 9.80. The van der Waals surface area contributed by atoms with E-state index in [1.54, 1.807) is 15.4 Å². The highest BCUT2D eigenvalue weighted by molar-refractivity contribution is 7.07. The van der Waals surface area contributed by atoms with E-state index >= 15 is 0 Å². The second kappa shape index (κ2) is 7.78. The Bertz CT molecular complexity index is 1670. The summed E-state index contributed by atoms with van der Waals surface area (Å²) in [6.07, 6.45) is 5.36. The van der Waals surface area contributed by atoms with Crippen LogP contribution in [0.2, 0.25) is 0 Å². The molecule has 3 atom stereocenters. The number of anilines is 1. The third kappa shape index (κ3) is 3.42. The van der Waals surface area contributed by atoms with Crippen LogP contribution < -0.4 is 24.9 Å². The number of rotatable bonds is 3. The Morgan fingerprint density at radius 2 is 1.97 bits per heavy atom. The summed E-state index contributed by atoms with van der Waals surface area (Å²) >= 11 is 1.30. The van der Waals surface area contributed by atoms with Crippen LogP contribution in [0.1, 0.15) is 29.7 Å². The summed E-state index contributed by atoms with van der Waals surface area (Å²) in [5.74, 6) is -0.361. The number of nitrogens with zero attached hydrogens (tertiary/aromatic N) is 4. The van der Waals surface area contributed by atoms with Crippen molar-refractivity contribution in [1.29, 1.82) is 0 Å². The maximum absolute atomic E-state index is 13.8. The van der Waals surface area contributed by atoms with Gasteiger partial charge in [0, 0.05) is 30.1 Å². The Morgan fingerprint density at radius 1 is 1.20 bits per heavy atom. The van der Waals surface area contributed by atoms with Crippen molar-refractivity contribution < 1.29 is 9.53 Å². The van der Waals surface area contributed by atoms with Crippen molar-refractivity contribution >= 4 is 29.0 Å². The summed E-state index contributed by atoms with van der Waals surface area (Å²) in [6.45, 7) is 3.76. The summed E-state index contributed by atoms with van der Waals surface area (Å²) in [6, 6.07) is 14.6. The molecule has 6 rings (SSSR count). The van der Waals surface area contributed by atoms with Gasteiger partial charge in [0.1, 0.15) is 11.7 Å². The molecule has 2 aliphatic rings. The molecule has 2 aromatic carbocycles. The number of aryl methyl sites for hydroxylation is 2. The summed E-state index contributed by atoms with van der Waals surface area (Å²) in [7, 11) is 1.83. The van der Waals surface area contributed by atoms with Crippen LogP contribution >= 0.6 is 11.3 Å². The first-order valence-corrected chi connectivity index (χ1v) is 12.1. The molecule has 0 fully saturated rings. The molecule has 4 aromatic rings. The molecule has 35 heavy (non-hydrogen) atoms. The van der Waals surface area contributed by atoms with E-state index in [4.69, 9.17) is 9.73 Å². The Morgan fingerprint density at radius 3 is 2.74 bits per heavy atom. The largest absolute Gasteiger partial charge is 0.465 e. The molecule has 9 heteroatoms. The van der Waals surface area contributed by atoms with Gasteiger partial charge in [0.05, 0.1) is 16.8 Å². The van der Waals surface area contributed by atoms with Crippen molar-refractivity contribution in [3.63, 3.8) is 0 Å². The predicted octanol–water partition coefficient (Wildman–Crippen LogP) is 2.37. The summed E-state index contributed by atoms with van der Waals surface area (Å²) in [4.78, 5) is 32.9. The highest BCUT2D eigenvalue weighted by atomic mass is 32.1. The standard InChI is InChI=1S/C26H23N5O3S/c1-15-8-4-6-10-18(15)28-23(32)21-22-17-9-5-7-11-19(17)34-26(21,2)29-25-31(22)24(33)20(35-25)12-16-13-27-30(3)14-16/h4-14,21-22H,1-3H3,(H,28,32)/b20-12+/t21-,22+,26-/m0/s1. The second-order valence-electron chi connectivity index (χ2n) is 9.05. The highest BCUT2D eigenvalue weighted by Gasteiger charge is 2.55. The minimum Gasteiger partial charge on any atom is -0.465 e. The number of aromatic nitrogens is 3. The smallest absolute Gasteiger partial charge is 0.270 e. The van der Waals surface area contributed by atoms with Crippen molar-refractivity contribution in [3.8, 4) is 5.75 Å². The van der Waals surface area contributed by atoms with E-state index in [9.17, 15) is 9.59 Å². The molecule has 0 saturated heterocycles. The molecule has 4 heterocycles. The SMILES string of the molecule is Cc1ccccc1NC(=O)[C@@H]1[C@H]2c3ccccc3O[C@]1(C)N=c1s/c(=C/c3cnn(C)c3)c(=O)n12. The molecule has 0 aliphatic carbocycles. The molecular formula is C26H23N5O3S. The molecule has 0 spiro atoms. The van der Waals surface area contributed by atoms with Gasteiger partial charge < -0.3 is 10.1 Å². The molecule has 1 amide bonds. The van der Waals surface area contributed by atoms with Gasteiger partial charge in [-0.2, -0.15) is 5.10 Å². The van der Waals surface area contributed by atoms with Crippen LogP contribution in [0.3, 0.4) is 0 Å². The van der Waals surface area contributed by atoms with E-state index < -0.39 is 17.7 Å². The van der Waals surface area contributed by atoms with Crippen molar-refractivity contribution in [2.75, 3.05) is 5.32 Å². The number of benzene rings is 2. The van der Waals surface area contributed by atoms with E-state index in [-0.39, 0.29) is 11.5 Å². The molecule has 0 saturated carbocycles. The predicted molar refractivity (Wildman–Crippen MR) is 133 cm³/mol. The Labute approximate surface area is 204 Å². The minimum atomic E-state index is -1.17. The lowest BCUT2D eigenvalue weighted by molar-refractivity contribution is -0.131. The lowest BCUT2D eigenvalue weighted by Crippen LogP contribution is -2.59. The van der Waals surface area contributed by atoms with E-state index in [0.29, 0.717) is 15.1 Å². The first-order chi connectivity index (χ1) is 16.8. The third-order valence-corrected chi connectivity index (χ3v) is 7.57. The zero-order valence-corrected chi connectivity index (χ0v) is 20.2. The van der Waals surface area contributed by atoms with Gasteiger partial charge in [0.15, 0.2) is 4.80 Å². The maximum Gasteiger partial charge on any atom is 0.270 e. The summed E-state index contributed by atoms with van der Waals surface area (Å²) in [5.41, 5.74) is 1.93. The van der Waals surface area contributed by atoms with Crippen LogP contribution in [-0.4, -0.2) is 26.0 Å². The van der Waals surface area contributed by atoms with Gasteiger partial charge in [-0.3, -0.25) is 18.8 Å². The number of thiazole rings is 1. The quantitative estimate of drug-likeness (QED) is 0.482. The lowest BCUT2D eigenvalue weighted by Gasteiger charge is -2.45. The van der Waals surface area contributed by atoms with Crippen molar-refractivity contribution in [2.24, 2.45) is 18.0 Å². The number of nitrogens with one attached hydrogen (secondary N) is 1. The number of fused-ring (bicyclic) bond motifs is 6. The number of amides is 1. The fraction of sp³-hybridized carbons (Fsp3) is 0.231. The fourth-order valence-corrected chi connectivity index (χ4v) is 6.03. The molecule has 176 valence electrons. The Hall–Kier alpha value is -3.98. The average molecular weight is 486 g/mol. The van der Waals surface area contributed by atoms with Crippen LogP contribution in [0.5, 0.6) is 5.75 Å². The average Bonchev–Trinajstić information content (AvgIpc) is 3.36. The van der Waals surface area contributed by atoms with E-state index in [0.717, 1.165) is 22.4 Å². The Balaban J connectivity index is 1.54. The minimum absolute atomic E-state index is 0.185. The van der Waals surface area contributed by atoms with Gasteiger partial charge >= 0.3 is 0 Å². The number of ether oxygens (including phenoxy) is 1. The van der Waals surface area contributed by atoms with E-state index in [2.05, 4.69) is 10.4 Å². The first-order valence-electron chi connectivity index (χ1n) is 11.3. The second-order valence-corrected chi connectivity index (χ2v) is 10.1. The van der Waals surface area contributed by atoms with Gasteiger partial charge in [-0.15, -0.1) is 0 Å². The number of hydrogen-bond acceptors (Lipinski definition) is 6. The summed E-state index contributed by atoms with van der Waals surface area (Å²) in [5, 5.41) is 7.24. The van der Waals surface area contributed by atoms with Crippen molar-refractivity contribution in [3.05, 3.63) is 97.3 Å². The molecule has 2 aromatic heterocycles. The number of hydrogen-bond donors (Lipinski definition) is 1. The van der Waals surface area contributed by atoms with Gasteiger partial charge in [-0.1, -0.05) is 47.7 Å². The van der Waals surface area contributed by atoms with Crippen molar-refractivity contribution in [1.82, 2.24) is 14.3 Å². The van der Waals surface area contributed by atoms with Crippen LogP contribution in [0.25, 0.3) is 6.08 Å². The van der Waals surface area contributed by atoms with E-state index in [1.807, 2.05) is 81.7 Å². The monoisotopic (exact) mass is 485 g/mol. The van der Waals surface area contributed by atoms with Crippen LogP contribution in [0.15, 0.2) is 70.7 Å². The number of carbonyl (C=O) groups is 1. The molecule has 2 aliphatic heterocycles. The summed E-state index contributed by atoms with van der Waals surface area (Å²) < 4.78 is 10.2. The zero-order valence-electron chi connectivity index (χ0n) is 19.4. The van der Waals surface area contributed by atoms with Crippen LogP contribution in [0.4, 0.5) is 5.69 Å². The topological polar surface area (TPSA) is 90.5 Å². The fourth-order valence-electron chi connectivity index (χ4n) is 4.93. The number of para-hydroxylation sites is 2. The maximum atomic E-state index is 13.8.